The molecule has 138 valence electrons. The topological polar surface area (TPSA) is 42.8 Å². The highest BCUT2D eigenvalue weighted by molar-refractivity contribution is 7.16. The molecule has 2 aromatic heterocycles. The van der Waals surface area contributed by atoms with Gasteiger partial charge in [-0.05, 0) is 22.5 Å². The van der Waals surface area contributed by atoms with Gasteiger partial charge in [0.2, 0.25) is 5.06 Å². The smallest absolute Gasteiger partial charge is 0.411 e. The Labute approximate surface area is 168 Å². The van der Waals surface area contributed by atoms with Crippen LogP contribution in [0.3, 0.4) is 0 Å². The van der Waals surface area contributed by atoms with Gasteiger partial charge in [-0.15, -0.1) is 0 Å². The summed E-state index contributed by atoms with van der Waals surface area (Å²) < 4.78 is 9.38. The summed E-state index contributed by atoms with van der Waals surface area (Å²) in [7, 11) is 5.66. The van der Waals surface area contributed by atoms with E-state index in [1.807, 2.05) is 48.1 Å². The van der Waals surface area contributed by atoms with Crippen molar-refractivity contribution in [3.63, 3.8) is 0 Å². The van der Waals surface area contributed by atoms with Gasteiger partial charge in [-0.3, -0.25) is 0 Å². The summed E-state index contributed by atoms with van der Waals surface area (Å²) >= 11 is 1.47. The summed E-state index contributed by atoms with van der Waals surface area (Å²) in [5.74, 6) is 0. The fraction of sp³-hybridized carbons (Fsp3) is 0.150. The number of benzene rings is 2. The minimum atomic E-state index is 0. The van der Waals surface area contributed by atoms with Crippen LogP contribution >= 0.6 is 11.3 Å². The molecule has 0 aliphatic rings. The van der Waals surface area contributed by atoms with Gasteiger partial charge in [0, 0.05) is 18.0 Å². The molecule has 0 aliphatic carbocycles. The van der Waals surface area contributed by atoms with Crippen molar-refractivity contribution in [1.29, 1.82) is 0 Å². The zero-order valence-corrected chi connectivity index (χ0v) is 16.8. The Kier molecular flexibility index (Phi) is 5.58. The molecule has 0 saturated heterocycles. The predicted molar refractivity (Wildman–Crippen MR) is 105 cm³/mol. The molecule has 0 aliphatic heterocycles. The van der Waals surface area contributed by atoms with Gasteiger partial charge < -0.3 is 21.7 Å². The number of thiazole rings is 1. The number of aromatic nitrogens is 2. The van der Waals surface area contributed by atoms with Crippen molar-refractivity contribution in [2.24, 2.45) is 24.3 Å². The van der Waals surface area contributed by atoms with E-state index in [0.29, 0.717) is 0 Å². The number of halogens is 1. The SMILES string of the molecule is COc1c[n+](C)c(N=Nc2c(-c3ccccc3)n(C)c3ccccc23)s1.[Cl-]. The molecule has 0 fully saturated rings. The Balaban J connectivity index is 0.00000210. The lowest BCUT2D eigenvalue weighted by Crippen LogP contribution is -3.00. The van der Waals surface area contributed by atoms with Crippen LogP contribution in [0.5, 0.6) is 5.06 Å². The Hall–Kier alpha value is -2.70. The fourth-order valence-electron chi connectivity index (χ4n) is 3.08. The summed E-state index contributed by atoms with van der Waals surface area (Å²) in [5, 5.41) is 11.8. The number of aryl methyl sites for hydroxylation is 2. The average Bonchev–Trinajstić information content (AvgIpc) is 3.18. The first-order valence-electron chi connectivity index (χ1n) is 8.27. The third-order valence-corrected chi connectivity index (χ3v) is 5.38. The number of hydrogen-bond acceptors (Lipinski definition) is 4. The lowest BCUT2D eigenvalue weighted by Gasteiger charge is -2.04. The lowest BCUT2D eigenvalue weighted by atomic mass is 10.1. The molecule has 0 bridgehead atoms. The minimum absolute atomic E-state index is 0. The van der Waals surface area contributed by atoms with Crippen molar-refractivity contribution in [2.45, 2.75) is 0 Å². The molecular formula is C20H19ClN4OS. The van der Waals surface area contributed by atoms with Crippen molar-refractivity contribution in [1.82, 2.24) is 4.57 Å². The molecule has 0 spiro atoms. The van der Waals surface area contributed by atoms with E-state index in [2.05, 4.69) is 46.1 Å². The molecule has 0 radical (unpaired) electrons. The van der Waals surface area contributed by atoms with E-state index in [9.17, 15) is 0 Å². The van der Waals surface area contributed by atoms with Gasteiger partial charge in [0.25, 0.3) is 0 Å². The van der Waals surface area contributed by atoms with Gasteiger partial charge in [0.05, 0.1) is 30.5 Å². The standard InChI is InChI=1S/C20H19N4OS.ClH/c1-23-13-17(25-3)26-20(23)22-21-18-15-11-7-8-12-16(15)24(2)19(18)14-9-5-4-6-10-14;/h4-13H,1-3H3;1H/q+1;/p-1. The van der Waals surface area contributed by atoms with Gasteiger partial charge in [-0.1, -0.05) is 48.5 Å². The van der Waals surface area contributed by atoms with Gasteiger partial charge in [-0.2, -0.15) is 0 Å². The van der Waals surface area contributed by atoms with E-state index in [-0.39, 0.29) is 12.4 Å². The molecule has 0 amide bonds. The van der Waals surface area contributed by atoms with Gasteiger partial charge in [-0.25, -0.2) is 4.57 Å². The number of fused-ring (bicyclic) bond motifs is 1. The van der Waals surface area contributed by atoms with Crippen LogP contribution < -0.4 is 21.7 Å². The zero-order chi connectivity index (χ0) is 18.1. The third kappa shape index (κ3) is 3.46. The number of para-hydroxylation sites is 1. The zero-order valence-electron chi connectivity index (χ0n) is 15.3. The quantitative estimate of drug-likeness (QED) is 0.383. The summed E-state index contributed by atoms with van der Waals surface area (Å²) in [6.07, 6.45) is 1.90. The summed E-state index contributed by atoms with van der Waals surface area (Å²) in [6.45, 7) is 0. The van der Waals surface area contributed by atoms with Crippen LogP contribution in [0.25, 0.3) is 22.2 Å². The second kappa shape index (κ2) is 7.90. The molecule has 7 heteroatoms. The van der Waals surface area contributed by atoms with E-state index in [4.69, 9.17) is 4.74 Å². The second-order valence-corrected chi connectivity index (χ2v) is 6.96. The lowest BCUT2D eigenvalue weighted by molar-refractivity contribution is -0.654. The number of ether oxygens (including phenoxy) is 1. The highest BCUT2D eigenvalue weighted by atomic mass is 35.5. The van der Waals surface area contributed by atoms with Gasteiger partial charge >= 0.3 is 5.13 Å². The molecule has 27 heavy (non-hydrogen) atoms. The molecule has 0 saturated carbocycles. The largest absolute Gasteiger partial charge is 1.00 e. The van der Waals surface area contributed by atoms with E-state index in [1.165, 1.54) is 11.3 Å². The Bertz CT molecular complexity index is 1100. The molecule has 0 atom stereocenters. The Morgan fingerprint density at radius 1 is 1.00 bits per heavy atom. The van der Waals surface area contributed by atoms with Crippen molar-refractivity contribution < 1.29 is 21.7 Å². The maximum Gasteiger partial charge on any atom is 0.411 e. The normalized spacial score (nSPS) is 11.1. The third-order valence-electron chi connectivity index (χ3n) is 4.36. The summed E-state index contributed by atoms with van der Waals surface area (Å²) in [4.78, 5) is 0. The van der Waals surface area contributed by atoms with E-state index in [0.717, 1.165) is 38.0 Å². The van der Waals surface area contributed by atoms with Crippen LogP contribution in [0.15, 0.2) is 71.0 Å². The molecule has 5 nitrogen and oxygen atoms in total. The first-order chi connectivity index (χ1) is 12.7. The van der Waals surface area contributed by atoms with Crippen LogP contribution in [0.4, 0.5) is 10.8 Å². The van der Waals surface area contributed by atoms with Crippen LogP contribution in [-0.4, -0.2) is 11.7 Å². The first-order valence-corrected chi connectivity index (χ1v) is 9.08. The molecule has 4 rings (SSSR count). The maximum absolute atomic E-state index is 5.29. The van der Waals surface area contributed by atoms with Crippen molar-refractivity contribution >= 4 is 33.1 Å². The van der Waals surface area contributed by atoms with Gasteiger partial charge in [0.15, 0.2) is 0 Å². The summed E-state index contributed by atoms with van der Waals surface area (Å²) in [5.41, 5.74) is 4.19. The highest BCUT2D eigenvalue weighted by Crippen LogP contribution is 2.40. The second-order valence-electron chi connectivity index (χ2n) is 5.99. The number of hydrogen-bond donors (Lipinski definition) is 0. The molecular weight excluding hydrogens is 380 g/mol. The summed E-state index contributed by atoms with van der Waals surface area (Å²) in [6, 6.07) is 18.6. The van der Waals surface area contributed by atoms with E-state index in [1.54, 1.807) is 7.11 Å². The molecule has 2 heterocycles. The van der Waals surface area contributed by atoms with Crippen molar-refractivity contribution in [3.05, 3.63) is 60.8 Å². The molecule has 4 aromatic rings. The molecule has 2 aromatic carbocycles. The molecule has 0 N–H and O–H groups in total. The number of rotatable bonds is 4. The van der Waals surface area contributed by atoms with E-state index >= 15 is 0 Å². The van der Waals surface area contributed by atoms with Crippen LogP contribution in [0.2, 0.25) is 0 Å². The molecule has 0 unspecified atom stereocenters. The Morgan fingerprint density at radius 2 is 1.70 bits per heavy atom. The maximum atomic E-state index is 5.29. The van der Waals surface area contributed by atoms with Gasteiger partial charge in [0.1, 0.15) is 11.9 Å². The fourth-order valence-corrected chi connectivity index (χ4v) is 3.83. The van der Waals surface area contributed by atoms with Crippen LogP contribution in [-0.2, 0) is 14.1 Å². The van der Waals surface area contributed by atoms with Crippen LogP contribution in [0.1, 0.15) is 0 Å². The minimum Gasteiger partial charge on any atom is -1.00 e. The monoisotopic (exact) mass is 398 g/mol. The first kappa shape index (κ1) is 19.1. The number of azo groups is 1. The van der Waals surface area contributed by atoms with Crippen LogP contribution in [0, 0.1) is 0 Å². The van der Waals surface area contributed by atoms with E-state index < -0.39 is 0 Å². The average molecular weight is 399 g/mol. The number of nitrogens with zero attached hydrogens (tertiary/aromatic N) is 4. The highest BCUT2D eigenvalue weighted by Gasteiger charge is 2.19. The predicted octanol–water partition coefficient (Wildman–Crippen LogP) is 2.16. The van der Waals surface area contributed by atoms with Crippen molar-refractivity contribution in [2.75, 3.05) is 7.11 Å². The Morgan fingerprint density at radius 3 is 2.41 bits per heavy atom. The number of methoxy groups -OCH3 is 1. The van der Waals surface area contributed by atoms with Crippen molar-refractivity contribution in [3.8, 4) is 16.3 Å².